The van der Waals surface area contributed by atoms with Crippen molar-refractivity contribution in [1.82, 2.24) is 16.0 Å². The first-order valence-electron chi connectivity index (χ1n) is 9.75. The summed E-state index contributed by atoms with van der Waals surface area (Å²) < 4.78 is 47.6. The highest BCUT2D eigenvalue weighted by atomic mass is 127. The average Bonchev–Trinajstić information content (AvgIpc) is 3.14. The molecule has 1 amide bonds. The maximum atomic E-state index is 12.5. The highest BCUT2D eigenvalue weighted by Gasteiger charge is 2.28. The quantitative estimate of drug-likeness (QED) is 0.185. The van der Waals surface area contributed by atoms with Gasteiger partial charge in [0.25, 0.3) is 5.91 Å². The fourth-order valence-electron chi connectivity index (χ4n) is 2.68. The van der Waals surface area contributed by atoms with Crippen molar-refractivity contribution < 1.29 is 27.1 Å². The van der Waals surface area contributed by atoms with Gasteiger partial charge in [-0.15, -0.1) is 24.0 Å². The van der Waals surface area contributed by atoms with Gasteiger partial charge in [-0.05, 0) is 38.0 Å². The molecule has 1 heterocycles. The first kappa shape index (κ1) is 27.6. The summed E-state index contributed by atoms with van der Waals surface area (Å²) in [6.07, 6.45) is -2.30. The first-order chi connectivity index (χ1) is 14.7. The van der Waals surface area contributed by atoms with Crippen LogP contribution in [0.3, 0.4) is 0 Å². The minimum absolute atomic E-state index is 0. The number of carbonyl (C=O) groups excluding carboxylic acids is 1. The van der Waals surface area contributed by atoms with Gasteiger partial charge in [0.1, 0.15) is 5.75 Å². The number of furan rings is 1. The van der Waals surface area contributed by atoms with Crippen molar-refractivity contribution in [2.75, 3.05) is 26.7 Å². The zero-order chi connectivity index (χ0) is 22.9. The number of halogens is 4. The van der Waals surface area contributed by atoms with Gasteiger partial charge in [-0.3, -0.25) is 9.79 Å². The number of carbonyl (C=O) groups is 1. The molecule has 7 nitrogen and oxygen atoms in total. The number of aryl methyl sites for hydroxylation is 2. The van der Waals surface area contributed by atoms with E-state index in [9.17, 15) is 18.0 Å². The lowest BCUT2D eigenvalue weighted by Gasteiger charge is -2.16. The molecule has 2 rings (SSSR count). The molecule has 11 heteroatoms. The summed E-state index contributed by atoms with van der Waals surface area (Å²) >= 11 is 0. The monoisotopic (exact) mass is 568 g/mol. The molecule has 0 aliphatic heterocycles. The Kier molecular flexibility index (Phi) is 11.4. The second kappa shape index (κ2) is 13.2. The Hall–Kier alpha value is -2.44. The van der Waals surface area contributed by atoms with E-state index in [-0.39, 0.29) is 42.2 Å². The molecular weight excluding hydrogens is 540 g/mol. The summed E-state index contributed by atoms with van der Waals surface area (Å²) in [5.41, 5.74) is 2.16. The summed E-state index contributed by atoms with van der Waals surface area (Å²) in [4.78, 5) is 16.1. The molecule has 0 aliphatic rings. The van der Waals surface area contributed by atoms with E-state index in [1.807, 2.05) is 0 Å². The lowest BCUT2D eigenvalue weighted by molar-refractivity contribution is -0.153. The minimum Gasteiger partial charge on any atom is -0.484 e. The van der Waals surface area contributed by atoms with Crippen LogP contribution in [0.1, 0.15) is 33.7 Å². The molecule has 1 aromatic carbocycles. The number of nitrogens with zero attached hydrogens (tertiary/aromatic N) is 1. The number of nitrogens with one attached hydrogen (secondary N) is 3. The second-order valence-corrected chi connectivity index (χ2v) is 6.91. The van der Waals surface area contributed by atoms with Crippen LogP contribution in [0.4, 0.5) is 13.2 Å². The number of guanidine groups is 1. The minimum atomic E-state index is -4.41. The first-order valence-corrected chi connectivity index (χ1v) is 9.75. The number of aliphatic imine (C=N–C) groups is 1. The van der Waals surface area contributed by atoms with E-state index < -0.39 is 12.8 Å². The third-order valence-electron chi connectivity index (χ3n) is 4.28. The Labute approximate surface area is 202 Å². The van der Waals surface area contributed by atoms with E-state index in [4.69, 9.17) is 9.15 Å². The van der Waals surface area contributed by atoms with Crippen LogP contribution in [0.15, 0.2) is 39.9 Å². The molecule has 178 valence electrons. The van der Waals surface area contributed by atoms with Gasteiger partial charge in [0, 0.05) is 37.8 Å². The highest BCUT2D eigenvalue weighted by molar-refractivity contribution is 14.0. The summed E-state index contributed by atoms with van der Waals surface area (Å²) in [6.45, 7) is 3.44. The molecule has 0 aliphatic carbocycles. The lowest BCUT2D eigenvalue weighted by atomic mass is 10.1. The van der Waals surface area contributed by atoms with Gasteiger partial charge in [0.05, 0.1) is 6.26 Å². The van der Waals surface area contributed by atoms with Crippen molar-refractivity contribution >= 4 is 35.8 Å². The number of hydrogen-bond acceptors (Lipinski definition) is 4. The molecule has 2 aromatic rings. The molecule has 1 aromatic heterocycles. The van der Waals surface area contributed by atoms with Crippen molar-refractivity contribution in [2.24, 2.45) is 4.99 Å². The predicted molar refractivity (Wildman–Crippen MR) is 127 cm³/mol. The average molecular weight is 568 g/mol. The van der Waals surface area contributed by atoms with Gasteiger partial charge < -0.3 is 25.1 Å². The smallest absolute Gasteiger partial charge is 0.422 e. The standard InChI is InChI=1S/C21H27F3N4O3.HI/c1-14-5-6-16(17(11-14)31-13-21(22,23)24)12-28-20(25-3)27-9-4-8-26-19(29)18-15(2)7-10-30-18;/h5-7,10-11H,4,8-9,12-13H2,1-3H3,(H,26,29)(H2,25,27,28);1H. The summed E-state index contributed by atoms with van der Waals surface area (Å²) in [7, 11) is 1.59. The lowest BCUT2D eigenvalue weighted by Crippen LogP contribution is -2.38. The van der Waals surface area contributed by atoms with Crippen LogP contribution in [-0.4, -0.2) is 44.8 Å². The van der Waals surface area contributed by atoms with Gasteiger partial charge in [0.2, 0.25) is 0 Å². The summed E-state index contributed by atoms with van der Waals surface area (Å²) in [5, 5.41) is 8.91. The van der Waals surface area contributed by atoms with Crippen molar-refractivity contribution in [2.45, 2.75) is 33.0 Å². The van der Waals surface area contributed by atoms with Gasteiger partial charge in [0.15, 0.2) is 18.3 Å². The van der Waals surface area contributed by atoms with Crippen molar-refractivity contribution in [3.8, 4) is 5.75 Å². The van der Waals surface area contributed by atoms with Crippen LogP contribution in [0.2, 0.25) is 0 Å². The zero-order valence-corrected chi connectivity index (χ0v) is 20.5. The SMILES string of the molecule is CN=C(NCCCNC(=O)c1occc1C)NCc1ccc(C)cc1OCC(F)(F)F.I. The van der Waals surface area contributed by atoms with Gasteiger partial charge >= 0.3 is 6.18 Å². The predicted octanol–water partition coefficient (Wildman–Crippen LogP) is 3.94. The van der Waals surface area contributed by atoms with E-state index >= 15 is 0 Å². The third-order valence-corrected chi connectivity index (χ3v) is 4.28. The molecule has 0 saturated carbocycles. The largest absolute Gasteiger partial charge is 0.484 e. The van der Waals surface area contributed by atoms with E-state index in [1.165, 1.54) is 6.26 Å². The molecule has 0 atom stereocenters. The van der Waals surface area contributed by atoms with E-state index in [0.717, 1.165) is 11.1 Å². The van der Waals surface area contributed by atoms with E-state index in [1.54, 1.807) is 45.2 Å². The second-order valence-electron chi connectivity index (χ2n) is 6.91. The van der Waals surface area contributed by atoms with E-state index in [0.29, 0.717) is 36.8 Å². The number of ether oxygens (including phenoxy) is 1. The Morgan fingerprint density at radius 1 is 1.12 bits per heavy atom. The van der Waals surface area contributed by atoms with Crippen LogP contribution in [0.25, 0.3) is 0 Å². The van der Waals surface area contributed by atoms with Crippen molar-refractivity contribution in [1.29, 1.82) is 0 Å². The molecule has 0 spiro atoms. The molecular formula is C21H28F3IN4O3. The molecule has 0 fully saturated rings. The van der Waals surface area contributed by atoms with Crippen molar-refractivity contribution in [3.05, 3.63) is 53.0 Å². The molecule has 0 unspecified atom stereocenters. The maximum absolute atomic E-state index is 12.5. The number of rotatable bonds is 9. The summed E-state index contributed by atoms with van der Waals surface area (Å²) in [6, 6.07) is 6.81. The zero-order valence-electron chi connectivity index (χ0n) is 18.1. The fraction of sp³-hybridized carbons (Fsp3) is 0.429. The van der Waals surface area contributed by atoms with Crippen LogP contribution < -0.4 is 20.7 Å². The fourth-order valence-corrected chi connectivity index (χ4v) is 2.68. The maximum Gasteiger partial charge on any atom is 0.422 e. The Balaban J connectivity index is 0.00000512. The van der Waals surface area contributed by atoms with Crippen LogP contribution in [-0.2, 0) is 6.54 Å². The van der Waals surface area contributed by atoms with Gasteiger partial charge in [-0.1, -0.05) is 12.1 Å². The number of benzene rings is 1. The summed E-state index contributed by atoms with van der Waals surface area (Å²) in [5.74, 6) is 0.689. The van der Waals surface area contributed by atoms with Gasteiger partial charge in [-0.25, -0.2) is 0 Å². The van der Waals surface area contributed by atoms with Crippen LogP contribution in [0.5, 0.6) is 5.75 Å². The normalized spacial score (nSPS) is 11.5. The molecule has 0 bridgehead atoms. The third kappa shape index (κ3) is 9.37. The molecule has 32 heavy (non-hydrogen) atoms. The van der Waals surface area contributed by atoms with E-state index in [2.05, 4.69) is 20.9 Å². The van der Waals surface area contributed by atoms with Crippen LogP contribution in [0, 0.1) is 13.8 Å². The topological polar surface area (TPSA) is 87.9 Å². The van der Waals surface area contributed by atoms with Crippen molar-refractivity contribution in [3.63, 3.8) is 0 Å². The molecule has 0 saturated heterocycles. The Morgan fingerprint density at radius 3 is 2.47 bits per heavy atom. The molecule has 3 N–H and O–H groups in total. The van der Waals surface area contributed by atoms with Crippen LogP contribution >= 0.6 is 24.0 Å². The van der Waals surface area contributed by atoms with Gasteiger partial charge in [-0.2, -0.15) is 13.2 Å². The molecule has 0 radical (unpaired) electrons. The number of alkyl halides is 3. The Morgan fingerprint density at radius 2 is 1.84 bits per heavy atom. The number of hydrogen-bond donors (Lipinski definition) is 3. The number of amides is 1. The highest BCUT2D eigenvalue weighted by Crippen LogP contribution is 2.23. The Bertz CT molecular complexity index is 901.